The molecule has 3 nitrogen and oxygen atoms in total. The highest BCUT2D eigenvalue weighted by Crippen LogP contribution is 2.34. The van der Waals surface area contributed by atoms with Crippen LogP contribution in [0.2, 0.25) is 0 Å². The number of hydrogen-bond donors (Lipinski definition) is 0. The Hall–Kier alpha value is -1.81. The second-order valence-corrected chi connectivity index (χ2v) is 7.00. The van der Waals surface area contributed by atoms with Crippen molar-refractivity contribution in [3.05, 3.63) is 54.0 Å². The standard InChI is InChI=1S/C18H19N3S/c1-13-6-2-3-9-16(13)21-17(14-7-5-11-22-12-14)20-15-8-4-10-19-18(15)21/h2-4,6,8-10,14H,5,7,11-12H2,1H3. The minimum Gasteiger partial charge on any atom is -0.280 e. The average molecular weight is 309 g/mol. The third-order valence-corrected chi connectivity index (χ3v) is 5.54. The molecule has 0 aliphatic carbocycles. The molecule has 1 saturated heterocycles. The van der Waals surface area contributed by atoms with E-state index in [0.717, 1.165) is 16.9 Å². The van der Waals surface area contributed by atoms with Crippen LogP contribution in [0, 0.1) is 6.92 Å². The van der Waals surface area contributed by atoms with E-state index in [0.29, 0.717) is 5.92 Å². The van der Waals surface area contributed by atoms with E-state index in [9.17, 15) is 0 Å². The number of benzene rings is 1. The van der Waals surface area contributed by atoms with Gasteiger partial charge in [0.1, 0.15) is 11.3 Å². The molecule has 1 atom stereocenters. The smallest absolute Gasteiger partial charge is 0.164 e. The Morgan fingerprint density at radius 1 is 1.18 bits per heavy atom. The second-order valence-electron chi connectivity index (χ2n) is 5.85. The minimum atomic E-state index is 0.521. The summed E-state index contributed by atoms with van der Waals surface area (Å²) in [6.07, 6.45) is 4.36. The lowest BCUT2D eigenvalue weighted by Crippen LogP contribution is -2.14. The first-order valence-electron chi connectivity index (χ1n) is 7.82. The molecule has 0 spiro atoms. The van der Waals surface area contributed by atoms with Gasteiger partial charge >= 0.3 is 0 Å². The number of nitrogens with zero attached hydrogens (tertiary/aromatic N) is 3. The fourth-order valence-corrected chi connectivity index (χ4v) is 4.34. The molecule has 4 heteroatoms. The molecule has 1 aliphatic heterocycles. The van der Waals surface area contributed by atoms with E-state index in [2.05, 4.69) is 46.8 Å². The third-order valence-electron chi connectivity index (χ3n) is 4.32. The SMILES string of the molecule is Cc1ccccc1-n1c(C2CCCSC2)nc2cccnc21. The van der Waals surface area contributed by atoms with Crippen LogP contribution in [0.1, 0.15) is 30.1 Å². The summed E-state index contributed by atoms with van der Waals surface area (Å²) < 4.78 is 2.28. The molecule has 0 radical (unpaired) electrons. The zero-order chi connectivity index (χ0) is 14.9. The van der Waals surface area contributed by atoms with Crippen LogP contribution in [0.15, 0.2) is 42.6 Å². The number of rotatable bonds is 2. The van der Waals surface area contributed by atoms with Crippen LogP contribution < -0.4 is 0 Å². The first-order chi connectivity index (χ1) is 10.8. The fraction of sp³-hybridized carbons (Fsp3) is 0.333. The summed E-state index contributed by atoms with van der Waals surface area (Å²) in [5.74, 6) is 4.14. The molecule has 3 aromatic rings. The second kappa shape index (κ2) is 5.76. The van der Waals surface area contributed by atoms with Gasteiger partial charge in [-0.2, -0.15) is 11.8 Å². The Balaban J connectivity index is 1.96. The van der Waals surface area contributed by atoms with E-state index < -0.39 is 0 Å². The van der Waals surface area contributed by atoms with E-state index in [1.807, 2.05) is 24.0 Å². The van der Waals surface area contributed by atoms with Gasteiger partial charge in [-0.15, -0.1) is 0 Å². The van der Waals surface area contributed by atoms with Crippen molar-refractivity contribution in [1.29, 1.82) is 0 Å². The van der Waals surface area contributed by atoms with Crippen LogP contribution in [0.25, 0.3) is 16.9 Å². The molecule has 0 amide bonds. The molecule has 4 rings (SSSR count). The highest BCUT2D eigenvalue weighted by Gasteiger charge is 2.24. The van der Waals surface area contributed by atoms with E-state index in [1.165, 1.54) is 35.7 Å². The quantitative estimate of drug-likeness (QED) is 0.705. The number of thioether (sulfide) groups is 1. The Morgan fingerprint density at radius 2 is 2.09 bits per heavy atom. The molecule has 112 valence electrons. The topological polar surface area (TPSA) is 30.7 Å². The predicted molar refractivity (Wildman–Crippen MR) is 92.9 cm³/mol. The van der Waals surface area contributed by atoms with E-state index >= 15 is 0 Å². The number of fused-ring (bicyclic) bond motifs is 1. The summed E-state index contributed by atoms with van der Waals surface area (Å²) in [4.78, 5) is 9.55. The minimum absolute atomic E-state index is 0.521. The Kier molecular flexibility index (Phi) is 3.62. The molecule has 0 saturated carbocycles. The zero-order valence-electron chi connectivity index (χ0n) is 12.7. The summed E-state index contributed by atoms with van der Waals surface area (Å²) in [5.41, 5.74) is 4.44. The first-order valence-corrected chi connectivity index (χ1v) is 8.97. The Morgan fingerprint density at radius 3 is 2.91 bits per heavy atom. The van der Waals surface area contributed by atoms with Crippen LogP contribution >= 0.6 is 11.8 Å². The normalized spacial score (nSPS) is 18.7. The van der Waals surface area contributed by atoms with Crippen molar-refractivity contribution in [2.45, 2.75) is 25.7 Å². The molecular weight excluding hydrogens is 290 g/mol. The van der Waals surface area contributed by atoms with Crippen LogP contribution in [0.5, 0.6) is 0 Å². The van der Waals surface area contributed by atoms with Crippen molar-refractivity contribution in [2.24, 2.45) is 0 Å². The highest BCUT2D eigenvalue weighted by atomic mass is 32.2. The van der Waals surface area contributed by atoms with Crippen LogP contribution in [0.4, 0.5) is 0 Å². The molecule has 1 aromatic carbocycles. The van der Waals surface area contributed by atoms with Crippen molar-refractivity contribution in [3.63, 3.8) is 0 Å². The maximum atomic E-state index is 4.94. The van der Waals surface area contributed by atoms with Gasteiger partial charge in [0.2, 0.25) is 0 Å². The molecule has 0 N–H and O–H groups in total. The average Bonchev–Trinajstić information content (AvgIpc) is 2.95. The van der Waals surface area contributed by atoms with Gasteiger partial charge in [-0.1, -0.05) is 18.2 Å². The molecule has 1 aliphatic rings. The largest absolute Gasteiger partial charge is 0.280 e. The molecule has 2 aromatic heterocycles. The number of pyridine rings is 1. The van der Waals surface area contributed by atoms with Crippen molar-refractivity contribution < 1.29 is 0 Å². The maximum Gasteiger partial charge on any atom is 0.164 e. The molecule has 1 fully saturated rings. The van der Waals surface area contributed by atoms with Gasteiger partial charge in [-0.3, -0.25) is 4.57 Å². The molecule has 0 bridgehead atoms. The van der Waals surface area contributed by atoms with E-state index in [4.69, 9.17) is 4.98 Å². The van der Waals surface area contributed by atoms with E-state index in [1.54, 1.807) is 0 Å². The molecule has 22 heavy (non-hydrogen) atoms. The number of aryl methyl sites for hydroxylation is 1. The number of hydrogen-bond acceptors (Lipinski definition) is 3. The summed E-state index contributed by atoms with van der Waals surface area (Å²) in [6.45, 7) is 2.16. The summed E-state index contributed by atoms with van der Waals surface area (Å²) in [6, 6.07) is 12.5. The maximum absolute atomic E-state index is 4.94. The predicted octanol–water partition coefficient (Wildman–Crippen LogP) is 4.34. The van der Waals surface area contributed by atoms with Crippen LogP contribution in [-0.2, 0) is 0 Å². The lowest BCUT2D eigenvalue weighted by molar-refractivity contribution is 0.616. The first kappa shape index (κ1) is 13.8. The monoisotopic (exact) mass is 309 g/mol. The summed E-state index contributed by atoms with van der Waals surface area (Å²) >= 11 is 2.04. The van der Waals surface area contributed by atoms with Gasteiger partial charge in [-0.05, 0) is 49.3 Å². The van der Waals surface area contributed by atoms with Crippen molar-refractivity contribution in [1.82, 2.24) is 14.5 Å². The summed E-state index contributed by atoms with van der Waals surface area (Å²) in [7, 11) is 0. The molecule has 1 unspecified atom stereocenters. The van der Waals surface area contributed by atoms with Crippen molar-refractivity contribution in [2.75, 3.05) is 11.5 Å². The van der Waals surface area contributed by atoms with Gasteiger partial charge in [0.15, 0.2) is 5.65 Å². The Bertz CT molecular complexity index is 803. The van der Waals surface area contributed by atoms with Crippen LogP contribution in [-0.4, -0.2) is 26.0 Å². The van der Waals surface area contributed by atoms with E-state index in [-0.39, 0.29) is 0 Å². The van der Waals surface area contributed by atoms with Gasteiger partial charge in [0.25, 0.3) is 0 Å². The van der Waals surface area contributed by atoms with Gasteiger partial charge < -0.3 is 0 Å². The lowest BCUT2D eigenvalue weighted by atomic mass is 10.0. The highest BCUT2D eigenvalue weighted by molar-refractivity contribution is 7.99. The van der Waals surface area contributed by atoms with Gasteiger partial charge in [-0.25, -0.2) is 9.97 Å². The third kappa shape index (κ3) is 2.31. The molecular formula is C18H19N3S. The molecule has 3 heterocycles. The fourth-order valence-electron chi connectivity index (χ4n) is 3.20. The summed E-state index contributed by atoms with van der Waals surface area (Å²) in [5, 5.41) is 0. The van der Waals surface area contributed by atoms with Gasteiger partial charge in [0, 0.05) is 17.9 Å². The number of imidazole rings is 1. The van der Waals surface area contributed by atoms with Crippen molar-refractivity contribution >= 4 is 22.9 Å². The lowest BCUT2D eigenvalue weighted by Gasteiger charge is -2.22. The number of aromatic nitrogens is 3. The van der Waals surface area contributed by atoms with Crippen LogP contribution in [0.3, 0.4) is 0 Å². The van der Waals surface area contributed by atoms with Gasteiger partial charge in [0.05, 0.1) is 5.69 Å². The zero-order valence-corrected chi connectivity index (χ0v) is 13.5. The Labute approximate surface area is 134 Å². The van der Waals surface area contributed by atoms with Crippen molar-refractivity contribution in [3.8, 4) is 5.69 Å². The number of para-hydroxylation sites is 1.